The van der Waals surface area contributed by atoms with Crippen LogP contribution in [0.2, 0.25) is 0 Å². The highest BCUT2D eigenvalue weighted by molar-refractivity contribution is 6.02. The smallest absolute Gasteiger partial charge is 0.277 e. The number of anilines is 1. The minimum atomic E-state index is -0.357. The molecule has 0 fully saturated rings. The lowest BCUT2D eigenvalue weighted by Crippen LogP contribution is -2.12. The van der Waals surface area contributed by atoms with E-state index in [0.29, 0.717) is 18.8 Å². The van der Waals surface area contributed by atoms with Gasteiger partial charge in [0.2, 0.25) is 0 Å². The number of carbonyl (C=O) groups excluding carboxylic acids is 1. The number of hydrogen-bond donors (Lipinski definition) is 3. The standard InChI is InChI=1S/C11H13N5O2/c12-5-6-16-7-10(14-15-16)11(18)13-8-1-3-9(17)4-2-8/h1-4,7,17H,5-6,12H2,(H,13,18). The van der Waals surface area contributed by atoms with Crippen molar-refractivity contribution in [3.05, 3.63) is 36.2 Å². The first-order chi connectivity index (χ1) is 8.69. The predicted octanol–water partition coefficient (Wildman–Crippen LogP) is 0.195. The summed E-state index contributed by atoms with van der Waals surface area (Å²) in [7, 11) is 0. The van der Waals surface area contributed by atoms with E-state index in [1.807, 2.05) is 0 Å². The molecule has 0 aliphatic carbocycles. The van der Waals surface area contributed by atoms with Crippen LogP contribution in [0.3, 0.4) is 0 Å². The van der Waals surface area contributed by atoms with Crippen LogP contribution in [0.4, 0.5) is 5.69 Å². The van der Waals surface area contributed by atoms with Gasteiger partial charge in [-0.2, -0.15) is 0 Å². The van der Waals surface area contributed by atoms with Gasteiger partial charge in [-0.05, 0) is 24.3 Å². The van der Waals surface area contributed by atoms with E-state index in [0.717, 1.165) is 0 Å². The summed E-state index contributed by atoms with van der Waals surface area (Å²) >= 11 is 0. The molecule has 1 aromatic carbocycles. The molecular weight excluding hydrogens is 234 g/mol. The van der Waals surface area contributed by atoms with Crippen molar-refractivity contribution in [1.82, 2.24) is 15.0 Å². The van der Waals surface area contributed by atoms with Crippen molar-refractivity contribution in [2.75, 3.05) is 11.9 Å². The van der Waals surface area contributed by atoms with Crippen LogP contribution in [-0.4, -0.2) is 32.6 Å². The van der Waals surface area contributed by atoms with E-state index in [1.54, 1.807) is 12.1 Å². The van der Waals surface area contributed by atoms with E-state index in [-0.39, 0.29) is 17.4 Å². The fourth-order valence-electron chi connectivity index (χ4n) is 1.38. The molecule has 2 aromatic rings. The Hall–Kier alpha value is -2.41. The van der Waals surface area contributed by atoms with Gasteiger partial charge >= 0.3 is 0 Å². The van der Waals surface area contributed by atoms with Crippen molar-refractivity contribution < 1.29 is 9.90 Å². The summed E-state index contributed by atoms with van der Waals surface area (Å²) in [5.41, 5.74) is 6.16. The second-order valence-electron chi connectivity index (χ2n) is 3.66. The quantitative estimate of drug-likeness (QED) is 0.669. The number of phenolic OH excluding ortho intramolecular Hbond substituents is 1. The summed E-state index contributed by atoms with van der Waals surface area (Å²) in [5.74, 6) is -0.217. The van der Waals surface area contributed by atoms with Crippen molar-refractivity contribution in [3.8, 4) is 5.75 Å². The maximum absolute atomic E-state index is 11.8. The number of nitrogens with one attached hydrogen (secondary N) is 1. The van der Waals surface area contributed by atoms with E-state index >= 15 is 0 Å². The van der Waals surface area contributed by atoms with Gasteiger partial charge in [-0.15, -0.1) is 5.10 Å². The summed E-state index contributed by atoms with van der Waals surface area (Å²) in [5, 5.41) is 19.3. The van der Waals surface area contributed by atoms with Crippen LogP contribution >= 0.6 is 0 Å². The number of hydrogen-bond acceptors (Lipinski definition) is 5. The Morgan fingerprint density at radius 3 is 2.78 bits per heavy atom. The molecule has 7 nitrogen and oxygen atoms in total. The molecule has 7 heteroatoms. The van der Waals surface area contributed by atoms with Crippen molar-refractivity contribution in [3.63, 3.8) is 0 Å². The summed E-state index contributed by atoms with van der Waals surface area (Å²) in [6.07, 6.45) is 1.53. The zero-order valence-corrected chi connectivity index (χ0v) is 9.58. The molecule has 2 rings (SSSR count). The number of phenols is 1. The molecule has 0 aliphatic heterocycles. The zero-order chi connectivity index (χ0) is 13.0. The molecule has 0 atom stereocenters. The van der Waals surface area contributed by atoms with E-state index in [2.05, 4.69) is 15.6 Å². The minimum Gasteiger partial charge on any atom is -0.508 e. The third-order valence-electron chi connectivity index (χ3n) is 2.25. The van der Waals surface area contributed by atoms with Gasteiger partial charge in [0.25, 0.3) is 5.91 Å². The van der Waals surface area contributed by atoms with Crippen LogP contribution in [0.1, 0.15) is 10.5 Å². The maximum Gasteiger partial charge on any atom is 0.277 e. The molecule has 0 saturated carbocycles. The number of aromatic nitrogens is 3. The van der Waals surface area contributed by atoms with Gasteiger partial charge in [-0.3, -0.25) is 9.48 Å². The van der Waals surface area contributed by atoms with Crippen LogP contribution in [0.25, 0.3) is 0 Å². The lowest BCUT2D eigenvalue weighted by molar-refractivity contribution is 0.102. The van der Waals surface area contributed by atoms with Gasteiger partial charge in [0, 0.05) is 12.2 Å². The van der Waals surface area contributed by atoms with E-state index in [1.165, 1.54) is 23.0 Å². The molecule has 0 spiro atoms. The highest BCUT2D eigenvalue weighted by atomic mass is 16.3. The molecule has 18 heavy (non-hydrogen) atoms. The molecule has 1 amide bonds. The molecule has 1 aromatic heterocycles. The fraction of sp³-hybridized carbons (Fsp3) is 0.182. The summed E-state index contributed by atoms with van der Waals surface area (Å²) in [4.78, 5) is 11.8. The largest absolute Gasteiger partial charge is 0.508 e. The highest BCUT2D eigenvalue weighted by Crippen LogP contribution is 2.14. The number of aromatic hydroxyl groups is 1. The topological polar surface area (TPSA) is 106 Å². The van der Waals surface area contributed by atoms with Crippen LogP contribution in [0, 0.1) is 0 Å². The molecule has 0 unspecified atom stereocenters. The fourth-order valence-corrected chi connectivity index (χ4v) is 1.38. The van der Waals surface area contributed by atoms with Gasteiger partial charge < -0.3 is 16.2 Å². The number of amides is 1. The Balaban J connectivity index is 2.04. The van der Waals surface area contributed by atoms with E-state index < -0.39 is 0 Å². The maximum atomic E-state index is 11.8. The summed E-state index contributed by atoms with van der Waals surface area (Å²) in [6, 6.07) is 6.16. The lowest BCUT2D eigenvalue weighted by Gasteiger charge is -2.02. The Bertz CT molecular complexity index is 535. The molecular formula is C11H13N5O2. The van der Waals surface area contributed by atoms with Crippen LogP contribution in [0.15, 0.2) is 30.5 Å². The Kier molecular flexibility index (Phi) is 3.54. The Morgan fingerprint density at radius 1 is 1.39 bits per heavy atom. The van der Waals surface area contributed by atoms with Crippen molar-refractivity contribution in [1.29, 1.82) is 0 Å². The van der Waals surface area contributed by atoms with Crippen LogP contribution < -0.4 is 11.1 Å². The van der Waals surface area contributed by atoms with Crippen molar-refractivity contribution in [2.45, 2.75) is 6.54 Å². The third-order valence-corrected chi connectivity index (χ3v) is 2.25. The van der Waals surface area contributed by atoms with Crippen molar-refractivity contribution >= 4 is 11.6 Å². The SMILES string of the molecule is NCCn1cc(C(=O)Nc2ccc(O)cc2)nn1. The third kappa shape index (κ3) is 2.83. The van der Waals surface area contributed by atoms with Crippen molar-refractivity contribution in [2.24, 2.45) is 5.73 Å². The lowest BCUT2D eigenvalue weighted by atomic mass is 10.3. The normalized spacial score (nSPS) is 10.3. The number of benzene rings is 1. The molecule has 0 bridgehead atoms. The summed E-state index contributed by atoms with van der Waals surface area (Å²) in [6.45, 7) is 0.946. The molecule has 0 saturated heterocycles. The van der Waals surface area contributed by atoms with Crippen LogP contribution in [0.5, 0.6) is 5.75 Å². The second-order valence-corrected chi connectivity index (χ2v) is 3.66. The van der Waals surface area contributed by atoms with E-state index in [9.17, 15) is 4.79 Å². The first-order valence-electron chi connectivity index (χ1n) is 5.39. The minimum absolute atomic E-state index is 0.141. The van der Waals surface area contributed by atoms with Gasteiger partial charge in [0.05, 0.1) is 12.7 Å². The number of carbonyl (C=O) groups is 1. The molecule has 4 N–H and O–H groups in total. The van der Waals surface area contributed by atoms with E-state index in [4.69, 9.17) is 10.8 Å². The second kappa shape index (κ2) is 5.28. The number of nitrogens with zero attached hydrogens (tertiary/aromatic N) is 3. The van der Waals surface area contributed by atoms with Crippen LogP contribution in [-0.2, 0) is 6.54 Å². The molecule has 0 radical (unpaired) electrons. The number of nitrogens with two attached hydrogens (primary N) is 1. The number of rotatable bonds is 4. The highest BCUT2D eigenvalue weighted by Gasteiger charge is 2.10. The average molecular weight is 247 g/mol. The van der Waals surface area contributed by atoms with Gasteiger partial charge in [0.1, 0.15) is 5.75 Å². The predicted molar refractivity (Wildman–Crippen MR) is 65.1 cm³/mol. The molecule has 94 valence electrons. The zero-order valence-electron chi connectivity index (χ0n) is 9.58. The Morgan fingerprint density at radius 2 is 2.11 bits per heavy atom. The monoisotopic (exact) mass is 247 g/mol. The molecule has 0 aliphatic rings. The molecule has 1 heterocycles. The average Bonchev–Trinajstić information content (AvgIpc) is 2.81. The Labute approximate surface area is 103 Å². The first kappa shape index (κ1) is 12.1. The first-order valence-corrected chi connectivity index (χ1v) is 5.39. The van der Waals surface area contributed by atoms with Gasteiger partial charge in [-0.1, -0.05) is 5.21 Å². The van der Waals surface area contributed by atoms with Gasteiger partial charge in [0.15, 0.2) is 5.69 Å². The summed E-state index contributed by atoms with van der Waals surface area (Å²) < 4.78 is 1.51. The van der Waals surface area contributed by atoms with Gasteiger partial charge in [-0.25, -0.2) is 0 Å².